The predicted molar refractivity (Wildman–Crippen MR) is 112 cm³/mol. The zero-order chi connectivity index (χ0) is 19.5. The number of anilines is 2. The van der Waals surface area contributed by atoms with Crippen LogP contribution in [0.4, 0.5) is 11.6 Å². The number of nitrogens with one attached hydrogen (secondary N) is 1. The van der Waals surface area contributed by atoms with Crippen molar-refractivity contribution in [1.29, 1.82) is 0 Å². The van der Waals surface area contributed by atoms with Crippen LogP contribution in [0.25, 0.3) is 16.9 Å². The monoisotopic (exact) mass is 389 g/mol. The second-order valence-corrected chi connectivity index (χ2v) is 6.95. The number of hydrogen-bond donors (Lipinski definition) is 2. The summed E-state index contributed by atoms with van der Waals surface area (Å²) in [4.78, 5) is 8.98. The molecule has 0 aliphatic carbocycles. The van der Waals surface area contributed by atoms with Gasteiger partial charge in [-0.15, -0.1) is 11.8 Å². The van der Waals surface area contributed by atoms with Gasteiger partial charge in [0.05, 0.1) is 22.6 Å². The fourth-order valence-electron chi connectivity index (χ4n) is 3.01. The van der Waals surface area contributed by atoms with Gasteiger partial charge in [0.25, 0.3) is 0 Å². The minimum atomic E-state index is 0.186. The Bertz CT molecular complexity index is 1110. The van der Waals surface area contributed by atoms with Gasteiger partial charge in [0.15, 0.2) is 0 Å². The van der Waals surface area contributed by atoms with Gasteiger partial charge >= 0.3 is 0 Å². The Morgan fingerprint density at radius 2 is 1.86 bits per heavy atom. The summed E-state index contributed by atoms with van der Waals surface area (Å²) in [5.41, 5.74) is 4.52. The molecule has 0 spiro atoms. The minimum Gasteiger partial charge on any atom is -0.508 e. The second-order valence-electron chi connectivity index (χ2n) is 6.16. The average Bonchev–Trinajstić information content (AvgIpc) is 3.05. The highest BCUT2D eigenvalue weighted by atomic mass is 32.2. The van der Waals surface area contributed by atoms with Crippen molar-refractivity contribution < 1.29 is 5.11 Å². The van der Waals surface area contributed by atoms with E-state index in [1.165, 1.54) is 0 Å². The third-order valence-electron chi connectivity index (χ3n) is 4.29. The highest BCUT2D eigenvalue weighted by molar-refractivity contribution is 7.98. The van der Waals surface area contributed by atoms with E-state index < -0.39 is 0 Å². The van der Waals surface area contributed by atoms with E-state index in [9.17, 15) is 5.11 Å². The molecule has 0 radical (unpaired) electrons. The van der Waals surface area contributed by atoms with Gasteiger partial charge in [-0.25, -0.2) is 14.6 Å². The summed E-state index contributed by atoms with van der Waals surface area (Å²) < 4.78 is 1.94. The Labute approximate surface area is 167 Å². The van der Waals surface area contributed by atoms with Crippen molar-refractivity contribution in [1.82, 2.24) is 19.7 Å². The quantitative estimate of drug-likeness (QED) is 0.477. The number of nitrogens with zero attached hydrogens (tertiary/aromatic N) is 4. The Morgan fingerprint density at radius 1 is 1.04 bits per heavy atom. The van der Waals surface area contributed by atoms with E-state index in [2.05, 4.69) is 15.3 Å². The summed E-state index contributed by atoms with van der Waals surface area (Å²) in [6.07, 6.45) is 3.73. The van der Waals surface area contributed by atoms with Crippen LogP contribution in [-0.2, 0) is 0 Å². The molecule has 6 nitrogen and oxygen atoms in total. The maximum Gasteiger partial charge on any atom is 0.227 e. The number of hydrogen-bond acceptors (Lipinski definition) is 6. The van der Waals surface area contributed by atoms with Crippen LogP contribution in [0.3, 0.4) is 0 Å². The van der Waals surface area contributed by atoms with Crippen LogP contribution in [0.2, 0.25) is 0 Å². The summed E-state index contributed by atoms with van der Waals surface area (Å²) in [6.45, 7) is 2.04. The molecule has 0 amide bonds. The molecule has 28 heavy (non-hydrogen) atoms. The number of para-hydroxylation sites is 1. The molecule has 0 fully saturated rings. The van der Waals surface area contributed by atoms with Gasteiger partial charge in [0.1, 0.15) is 10.8 Å². The van der Waals surface area contributed by atoms with Crippen LogP contribution in [0.5, 0.6) is 5.75 Å². The average molecular weight is 389 g/mol. The second kappa shape index (κ2) is 7.74. The van der Waals surface area contributed by atoms with Gasteiger partial charge in [0, 0.05) is 18.0 Å². The molecule has 0 atom stereocenters. The molecule has 4 rings (SSSR count). The van der Waals surface area contributed by atoms with Crippen molar-refractivity contribution in [2.45, 2.75) is 11.9 Å². The molecule has 2 heterocycles. The van der Waals surface area contributed by atoms with Gasteiger partial charge in [-0.2, -0.15) is 5.10 Å². The first-order valence-corrected chi connectivity index (χ1v) is 9.96. The molecule has 0 saturated carbocycles. The largest absolute Gasteiger partial charge is 0.508 e. The maximum atomic E-state index is 9.64. The van der Waals surface area contributed by atoms with E-state index in [1.54, 1.807) is 36.2 Å². The molecule has 0 aliphatic heterocycles. The summed E-state index contributed by atoms with van der Waals surface area (Å²) in [5.74, 6) is 0.646. The van der Waals surface area contributed by atoms with Crippen molar-refractivity contribution in [2.75, 3.05) is 11.6 Å². The molecule has 0 unspecified atom stereocenters. The van der Waals surface area contributed by atoms with Crippen LogP contribution in [0.1, 0.15) is 5.69 Å². The molecule has 2 N–H and O–H groups in total. The first-order chi connectivity index (χ1) is 13.7. The Balaban J connectivity index is 1.74. The SMILES string of the molecule is CSc1nn(-c2ccccc2)c(C)c1-c1ccnc(Nc2cccc(O)c2)n1. The summed E-state index contributed by atoms with van der Waals surface area (Å²) in [7, 11) is 0. The lowest BCUT2D eigenvalue weighted by molar-refractivity contribution is 0.475. The number of phenolic OH excluding ortho intramolecular Hbond substituents is 1. The topological polar surface area (TPSA) is 75.9 Å². The maximum absolute atomic E-state index is 9.64. The van der Waals surface area contributed by atoms with Crippen molar-refractivity contribution >= 4 is 23.4 Å². The van der Waals surface area contributed by atoms with Crippen molar-refractivity contribution in [3.8, 4) is 22.7 Å². The molecule has 140 valence electrons. The van der Waals surface area contributed by atoms with Crippen LogP contribution >= 0.6 is 11.8 Å². The molecule has 0 bridgehead atoms. The van der Waals surface area contributed by atoms with Crippen LogP contribution in [-0.4, -0.2) is 31.1 Å². The van der Waals surface area contributed by atoms with Gasteiger partial charge in [0.2, 0.25) is 5.95 Å². The van der Waals surface area contributed by atoms with E-state index in [0.29, 0.717) is 5.95 Å². The lowest BCUT2D eigenvalue weighted by Gasteiger charge is -2.08. The number of rotatable bonds is 5. The molecule has 4 aromatic rings. The number of phenols is 1. The van der Waals surface area contributed by atoms with E-state index in [-0.39, 0.29) is 5.75 Å². The molecule has 0 saturated heterocycles. The zero-order valence-corrected chi connectivity index (χ0v) is 16.3. The highest BCUT2D eigenvalue weighted by Crippen LogP contribution is 2.33. The smallest absolute Gasteiger partial charge is 0.227 e. The standard InChI is InChI=1S/C21H19N5OS/c1-14-19(20(28-2)25-26(14)16-8-4-3-5-9-16)18-11-12-22-21(24-18)23-15-7-6-10-17(27)13-15/h3-13,27H,1-2H3,(H,22,23,24). The molecule has 0 aliphatic rings. The molecule has 2 aromatic carbocycles. The van der Waals surface area contributed by atoms with Gasteiger partial charge in [-0.05, 0) is 43.5 Å². The summed E-state index contributed by atoms with van der Waals surface area (Å²) in [5, 5.41) is 18.5. The molecular formula is C21H19N5OS. The number of aromatic nitrogens is 4. The fourth-order valence-corrected chi connectivity index (χ4v) is 3.63. The number of thioether (sulfide) groups is 1. The van der Waals surface area contributed by atoms with Crippen LogP contribution in [0.15, 0.2) is 71.9 Å². The van der Waals surface area contributed by atoms with Crippen molar-refractivity contribution in [2.24, 2.45) is 0 Å². The number of benzene rings is 2. The van der Waals surface area contributed by atoms with E-state index in [4.69, 9.17) is 5.10 Å². The van der Waals surface area contributed by atoms with E-state index in [0.717, 1.165) is 33.4 Å². The lowest BCUT2D eigenvalue weighted by Crippen LogP contribution is -2.00. The predicted octanol–water partition coefficient (Wildman–Crippen LogP) is 4.81. The summed E-state index contributed by atoms with van der Waals surface area (Å²) in [6, 6.07) is 18.8. The van der Waals surface area contributed by atoms with Crippen LogP contribution < -0.4 is 5.32 Å². The summed E-state index contributed by atoms with van der Waals surface area (Å²) >= 11 is 1.59. The van der Waals surface area contributed by atoms with Crippen molar-refractivity contribution in [3.05, 3.63) is 72.6 Å². The lowest BCUT2D eigenvalue weighted by atomic mass is 10.2. The van der Waals surface area contributed by atoms with E-state index >= 15 is 0 Å². The molecule has 7 heteroatoms. The number of aromatic hydroxyl groups is 1. The molecular weight excluding hydrogens is 370 g/mol. The highest BCUT2D eigenvalue weighted by Gasteiger charge is 2.18. The Morgan fingerprint density at radius 3 is 2.61 bits per heavy atom. The fraction of sp³-hybridized carbons (Fsp3) is 0.0952. The van der Waals surface area contributed by atoms with Gasteiger partial charge in [-0.1, -0.05) is 24.3 Å². The van der Waals surface area contributed by atoms with Crippen LogP contribution in [0, 0.1) is 6.92 Å². The van der Waals surface area contributed by atoms with Gasteiger partial charge < -0.3 is 10.4 Å². The van der Waals surface area contributed by atoms with E-state index in [1.807, 2.05) is 60.3 Å². The minimum absolute atomic E-state index is 0.186. The third kappa shape index (κ3) is 3.57. The zero-order valence-electron chi connectivity index (χ0n) is 15.5. The first-order valence-electron chi connectivity index (χ1n) is 8.74. The Hall–Kier alpha value is -3.32. The van der Waals surface area contributed by atoms with Crippen molar-refractivity contribution in [3.63, 3.8) is 0 Å². The first kappa shape index (κ1) is 18.1. The van der Waals surface area contributed by atoms with Gasteiger partial charge in [-0.3, -0.25) is 0 Å². The Kier molecular flexibility index (Phi) is 4.99. The third-order valence-corrected chi connectivity index (χ3v) is 4.96. The molecule has 2 aromatic heterocycles. The normalized spacial score (nSPS) is 10.8.